The second-order valence-corrected chi connectivity index (χ2v) is 5.87. The van der Waals surface area contributed by atoms with Gasteiger partial charge in [-0.25, -0.2) is 4.79 Å². The van der Waals surface area contributed by atoms with Crippen molar-refractivity contribution in [3.63, 3.8) is 0 Å². The molecule has 0 radical (unpaired) electrons. The molecule has 1 unspecified atom stereocenters. The van der Waals surface area contributed by atoms with E-state index in [1.54, 1.807) is 0 Å². The molecule has 0 aliphatic carbocycles. The molecule has 0 aromatic heterocycles. The van der Waals surface area contributed by atoms with E-state index in [9.17, 15) is 4.79 Å². The fourth-order valence-corrected chi connectivity index (χ4v) is 3.42. The highest BCUT2D eigenvalue weighted by Gasteiger charge is 2.16. The van der Waals surface area contributed by atoms with Crippen LogP contribution in [0.4, 0.5) is 4.79 Å². The van der Waals surface area contributed by atoms with Crippen molar-refractivity contribution in [2.24, 2.45) is 0 Å². The second-order valence-electron chi connectivity index (χ2n) is 3.33. The lowest BCUT2D eigenvalue weighted by atomic mass is 10.3. The van der Waals surface area contributed by atoms with Crippen molar-refractivity contribution in [3.05, 3.63) is 0 Å². The first-order valence-electron chi connectivity index (χ1n) is 5.03. The van der Waals surface area contributed by atoms with Gasteiger partial charge in [0.2, 0.25) is 0 Å². The lowest BCUT2D eigenvalue weighted by Gasteiger charge is -2.18. The van der Waals surface area contributed by atoms with Crippen LogP contribution in [0, 0.1) is 0 Å². The van der Waals surface area contributed by atoms with E-state index in [2.05, 4.69) is 13.8 Å². The molecule has 0 fully saturated rings. The number of ether oxygens (including phenoxy) is 1. The van der Waals surface area contributed by atoms with Crippen LogP contribution in [0.15, 0.2) is 0 Å². The average Bonchev–Trinajstić information content (AvgIpc) is 2.11. The Labute approximate surface area is 82.3 Å². The second kappa shape index (κ2) is 6.94. The maximum atomic E-state index is 10.3. The fraction of sp³-hybridized carbons (Fsp3) is 0.889. The lowest BCUT2D eigenvalue weighted by Crippen LogP contribution is -2.26. The van der Waals surface area contributed by atoms with Gasteiger partial charge in [-0.3, -0.25) is 0 Å². The number of carbonyl (C=O) groups is 1. The van der Waals surface area contributed by atoms with Crippen molar-refractivity contribution in [1.29, 1.82) is 0 Å². The third-order valence-electron chi connectivity index (χ3n) is 2.47. The van der Waals surface area contributed by atoms with Crippen LogP contribution in [0.25, 0.3) is 0 Å². The standard InChI is InChI=1S/C9H20O3Si/c1-4-7(5-2)13-8(6-3)12-9(10)11/h7-8H,4-6,13H2,1-3H3,(H,10,11). The minimum absolute atomic E-state index is 0.0161. The Morgan fingerprint density at radius 1 is 1.31 bits per heavy atom. The van der Waals surface area contributed by atoms with Crippen LogP contribution in [0.1, 0.15) is 40.0 Å². The smallest absolute Gasteiger partial charge is 0.450 e. The van der Waals surface area contributed by atoms with E-state index >= 15 is 0 Å². The van der Waals surface area contributed by atoms with Gasteiger partial charge in [0, 0.05) is 0 Å². The van der Waals surface area contributed by atoms with E-state index in [4.69, 9.17) is 9.84 Å². The average molecular weight is 204 g/mol. The minimum Gasteiger partial charge on any atom is -0.450 e. The number of hydrogen-bond acceptors (Lipinski definition) is 2. The van der Waals surface area contributed by atoms with Crippen molar-refractivity contribution in [2.75, 3.05) is 0 Å². The molecule has 0 aliphatic rings. The van der Waals surface area contributed by atoms with Gasteiger partial charge >= 0.3 is 6.16 Å². The van der Waals surface area contributed by atoms with Crippen molar-refractivity contribution < 1.29 is 14.6 Å². The summed E-state index contributed by atoms with van der Waals surface area (Å²) in [6.45, 7) is 6.31. The molecule has 13 heavy (non-hydrogen) atoms. The van der Waals surface area contributed by atoms with Crippen molar-refractivity contribution >= 4 is 15.7 Å². The zero-order valence-corrected chi connectivity index (χ0v) is 10.2. The SMILES string of the molecule is CCC(CC)[SiH2]C(CC)OC(=O)O. The van der Waals surface area contributed by atoms with Gasteiger partial charge in [-0.05, 0) is 12.0 Å². The zero-order valence-electron chi connectivity index (χ0n) is 8.75. The van der Waals surface area contributed by atoms with Crippen LogP contribution in [0.2, 0.25) is 5.54 Å². The quantitative estimate of drug-likeness (QED) is 0.533. The molecule has 0 heterocycles. The molecule has 0 aromatic carbocycles. The van der Waals surface area contributed by atoms with E-state index < -0.39 is 15.7 Å². The molecule has 0 saturated carbocycles. The maximum absolute atomic E-state index is 10.3. The highest BCUT2D eigenvalue weighted by molar-refractivity contribution is 6.39. The van der Waals surface area contributed by atoms with E-state index in [-0.39, 0.29) is 5.73 Å². The molecule has 3 nitrogen and oxygen atoms in total. The molecule has 78 valence electrons. The summed E-state index contributed by atoms with van der Waals surface area (Å²) in [5.74, 6) is 0. The summed E-state index contributed by atoms with van der Waals surface area (Å²) in [5.41, 5.74) is 0.742. The summed E-state index contributed by atoms with van der Waals surface area (Å²) in [6, 6.07) is 0. The molecule has 1 atom stereocenters. The summed E-state index contributed by atoms with van der Waals surface area (Å²) < 4.78 is 4.81. The lowest BCUT2D eigenvalue weighted by molar-refractivity contribution is 0.0769. The van der Waals surface area contributed by atoms with Crippen LogP contribution in [0.3, 0.4) is 0 Å². The van der Waals surface area contributed by atoms with E-state index in [1.165, 1.54) is 0 Å². The predicted octanol–water partition coefficient (Wildman–Crippen LogP) is 2.19. The summed E-state index contributed by atoms with van der Waals surface area (Å²) in [5, 5.41) is 8.47. The fourth-order valence-electron chi connectivity index (χ4n) is 1.43. The highest BCUT2D eigenvalue weighted by Crippen LogP contribution is 2.16. The van der Waals surface area contributed by atoms with Crippen LogP contribution in [-0.4, -0.2) is 26.5 Å². The monoisotopic (exact) mass is 204 g/mol. The van der Waals surface area contributed by atoms with E-state index in [0.717, 1.165) is 24.8 Å². The molecule has 1 N–H and O–H groups in total. The maximum Gasteiger partial charge on any atom is 0.505 e. The van der Waals surface area contributed by atoms with Gasteiger partial charge in [-0.1, -0.05) is 33.6 Å². The van der Waals surface area contributed by atoms with Crippen LogP contribution < -0.4 is 0 Å². The first-order chi connectivity index (χ1) is 6.13. The molecular weight excluding hydrogens is 184 g/mol. The molecule has 0 saturated heterocycles. The number of rotatable bonds is 6. The van der Waals surface area contributed by atoms with Gasteiger partial charge in [-0.15, -0.1) is 0 Å². The van der Waals surface area contributed by atoms with Gasteiger partial charge in [0.15, 0.2) is 0 Å². The van der Waals surface area contributed by atoms with E-state index in [1.807, 2.05) is 6.92 Å². The van der Waals surface area contributed by atoms with Crippen LogP contribution in [-0.2, 0) is 4.74 Å². The topological polar surface area (TPSA) is 46.5 Å². The summed E-state index contributed by atoms with van der Waals surface area (Å²) in [4.78, 5) is 10.3. The molecule has 0 aromatic rings. The Bertz CT molecular complexity index is 146. The molecule has 4 heteroatoms. The van der Waals surface area contributed by atoms with Gasteiger partial charge in [0.05, 0.1) is 15.2 Å². The number of carboxylic acid groups (broad SMARTS) is 1. The largest absolute Gasteiger partial charge is 0.505 e. The van der Waals surface area contributed by atoms with Gasteiger partial charge in [0.25, 0.3) is 0 Å². The van der Waals surface area contributed by atoms with Gasteiger partial charge in [-0.2, -0.15) is 0 Å². The molecular formula is C9H20O3Si. The zero-order chi connectivity index (χ0) is 10.3. The van der Waals surface area contributed by atoms with Gasteiger partial charge in [0.1, 0.15) is 0 Å². The van der Waals surface area contributed by atoms with Crippen LogP contribution in [0.5, 0.6) is 0 Å². The third kappa shape index (κ3) is 5.68. The van der Waals surface area contributed by atoms with Crippen molar-refractivity contribution in [1.82, 2.24) is 0 Å². The van der Waals surface area contributed by atoms with Gasteiger partial charge < -0.3 is 9.84 Å². The summed E-state index contributed by atoms with van der Waals surface area (Å²) in [6.07, 6.45) is 2.02. The third-order valence-corrected chi connectivity index (χ3v) is 5.56. The van der Waals surface area contributed by atoms with Crippen molar-refractivity contribution in [2.45, 2.75) is 51.3 Å². The predicted molar refractivity (Wildman–Crippen MR) is 56.1 cm³/mol. The van der Waals surface area contributed by atoms with E-state index in [0.29, 0.717) is 0 Å². The normalized spacial score (nSPS) is 13.8. The molecule has 0 bridgehead atoms. The summed E-state index contributed by atoms with van der Waals surface area (Å²) in [7, 11) is -0.407. The molecule has 0 spiro atoms. The Hall–Kier alpha value is -0.513. The minimum atomic E-state index is -1.12. The van der Waals surface area contributed by atoms with Crippen LogP contribution >= 0.6 is 0 Å². The molecule has 0 aliphatic heterocycles. The molecule has 0 rings (SSSR count). The first-order valence-corrected chi connectivity index (χ1v) is 6.66. The number of hydrogen-bond donors (Lipinski definition) is 1. The first kappa shape index (κ1) is 12.5. The Kier molecular flexibility index (Phi) is 6.67. The Morgan fingerprint density at radius 2 is 1.85 bits per heavy atom. The summed E-state index contributed by atoms with van der Waals surface area (Å²) >= 11 is 0. The highest BCUT2D eigenvalue weighted by atomic mass is 28.2. The van der Waals surface area contributed by atoms with Crippen molar-refractivity contribution in [3.8, 4) is 0 Å². The Morgan fingerprint density at radius 3 is 2.15 bits per heavy atom. The molecule has 0 amide bonds. The Balaban J connectivity index is 3.87.